The van der Waals surface area contributed by atoms with Crippen molar-refractivity contribution in [1.29, 1.82) is 0 Å². The summed E-state index contributed by atoms with van der Waals surface area (Å²) < 4.78 is 45.5. The number of nitrogens with zero attached hydrogens (tertiary/aromatic N) is 4. The largest absolute Gasteiger partial charge is 0.353 e. The molecule has 5 rings (SSSR count). The molecule has 184 valence electrons. The molecule has 2 heterocycles. The SMILES string of the molecule is [B]C(C)(F)c1ccc(SNc2cccc(F)c2C(=S)N2CCN(c3ncc(F)cn3)CC23CC3)cc1. The first-order valence-corrected chi connectivity index (χ1v) is 12.7. The van der Waals surface area contributed by atoms with Crippen LogP contribution in [0.3, 0.4) is 0 Å². The van der Waals surface area contributed by atoms with E-state index in [1.807, 2.05) is 4.90 Å². The van der Waals surface area contributed by atoms with Gasteiger partial charge in [0.05, 0.1) is 34.8 Å². The fourth-order valence-corrected chi connectivity index (χ4v) is 5.59. The van der Waals surface area contributed by atoms with Crippen LogP contribution in [-0.4, -0.2) is 52.9 Å². The van der Waals surface area contributed by atoms with Crippen molar-refractivity contribution in [2.24, 2.45) is 0 Å². The number of nitrogens with one attached hydrogen (secondary N) is 1. The molecule has 1 aromatic heterocycles. The Morgan fingerprint density at radius 3 is 2.44 bits per heavy atom. The Morgan fingerprint density at radius 2 is 1.81 bits per heavy atom. The van der Waals surface area contributed by atoms with E-state index in [-0.39, 0.29) is 5.54 Å². The summed E-state index contributed by atoms with van der Waals surface area (Å²) in [5, 5.41) is 0. The average Bonchev–Trinajstić information content (AvgIpc) is 3.61. The molecule has 2 radical (unpaired) electrons. The lowest BCUT2D eigenvalue weighted by molar-refractivity contribution is 0.262. The lowest BCUT2D eigenvalue weighted by atomic mass is 9.79. The van der Waals surface area contributed by atoms with Crippen LogP contribution in [0.5, 0.6) is 0 Å². The van der Waals surface area contributed by atoms with Gasteiger partial charge in [-0.15, -0.1) is 0 Å². The van der Waals surface area contributed by atoms with E-state index in [1.165, 1.54) is 24.9 Å². The van der Waals surface area contributed by atoms with Crippen LogP contribution in [0.2, 0.25) is 0 Å². The van der Waals surface area contributed by atoms with Crippen molar-refractivity contribution in [2.45, 2.75) is 35.8 Å². The van der Waals surface area contributed by atoms with Crippen molar-refractivity contribution in [3.8, 4) is 0 Å². The summed E-state index contributed by atoms with van der Waals surface area (Å²) in [5.41, 5.74) is -0.864. The second-order valence-electron chi connectivity index (χ2n) is 9.27. The highest BCUT2D eigenvalue weighted by molar-refractivity contribution is 8.00. The molecule has 1 aliphatic heterocycles. The van der Waals surface area contributed by atoms with Gasteiger partial charge < -0.3 is 14.5 Å². The number of piperazine rings is 1. The van der Waals surface area contributed by atoms with Crippen molar-refractivity contribution in [2.75, 3.05) is 29.3 Å². The molecule has 1 saturated carbocycles. The third-order valence-corrected chi connectivity index (χ3v) is 7.79. The molecule has 1 unspecified atom stereocenters. The molecule has 1 atom stereocenters. The first-order chi connectivity index (χ1) is 17.2. The van der Waals surface area contributed by atoms with Crippen molar-refractivity contribution in [1.82, 2.24) is 14.9 Å². The molecule has 0 bridgehead atoms. The van der Waals surface area contributed by atoms with E-state index >= 15 is 4.39 Å². The molecule has 1 aliphatic carbocycles. The predicted molar refractivity (Wildman–Crippen MR) is 141 cm³/mol. The smallest absolute Gasteiger partial charge is 0.225 e. The third-order valence-electron chi connectivity index (χ3n) is 6.54. The van der Waals surface area contributed by atoms with Crippen LogP contribution >= 0.6 is 24.2 Å². The van der Waals surface area contributed by atoms with Crippen LogP contribution in [0.25, 0.3) is 0 Å². The van der Waals surface area contributed by atoms with E-state index in [9.17, 15) is 8.78 Å². The van der Waals surface area contributed by atoms with Gasteiger partial charge in [-0.1, -0.05) is 30.4 Å². The maximum Gasteiger partial charge on any atom is 0.225 e. The van der Waals surface area contributed by atoms with E-state index in [2.05, 4.69) is 19.6 Å². The highest BCUT2D eigenvalue weighted by Gasteiger charge is 2.53. The monoisotopic (exact) mass is 525 g/mol. The van der Waals surface area contributed by atoms with Gasteiger partial charge in [0.1, 0.15) is 18.7 Å². The number of hydrogen-bond donors (Lipinski definition) is 1. The van der Waals surface area contributed by atoms with Gasteiger partial charge in [-0.25, -0.2) is 18.7 Å². The Hall–Kier alpha value is -2.79. The van der Waals surface area contributed by atoms with E-state index in [0.717, 1.165) is 30.1 Å². The van der Waals surface area contributed by atoms with Gasteiger partial charge in [0.2, 0.25) is 5.95 Å². The van der Waals surface area contributed by atoms with Crippen LogP contribution in [-0.2, 0) is 5.57 Å². The predicted octanol–water partition coefficient (Wildman–Crippen LogP) is 5.22. The van der Waals surface area contributed by atoms with Gasteiger partial charge in [0, 0.05) is 24.5 Å². The van der Waals surface area contributed by atoms with E-state index < -0.39 is 17.2 Å². The van der Waals surface area contributed by atoms with Crippen LogP contribution in [0.15, 0.2) is 59.8 Å². The zero-order valence-electron chi connectivity index (χ0n) is 19.5. The Kier molecular flexibility index (Phi) is 6.63. The molecule has 1 N–H and O–H groups in total. The Bertz CT molecular complexity index is 1260. The fraction of sp³-hybridized carbons (Fsp3) is 0.320. The minimum atomic E-state index is -1.91. The minimum absolute atomic E-state index is 0.225. The molecule has 2 fully saturated rings. The second kappa shape index (κ2) is 9.59. The van der Waals surface area contributed by atoms with Crippen molar-refractivity contribution < 1.29 is 13.2 Å². The fourth-order valence-electron chi connectivity index (χ4n) is 4.43. The number of aromatic nitrogens is 2. The van der Waals surface area contributed by atoms with Gasteiger partial charge in [-0.05, 0) is 61.5 Å². The molecular formula is C25H23BF3N5S2. The second-order valence-corrected chi connectivity index (χ2v) is 10.5. The molecule has 5 nitrogen and oxygen atoms in total. The molecule has 3 aromatic rings. The molecule has 36 heavy (non-hydrogen) atoms. The van der Waals surface area contributed by atoms with E-state index in [0.29, 0.717) is 47.4 Å². The lowest BCUT2D eigenvalue weighted by Crippen LogP contribution is -2.57. The van der Waals surface area contributed by atoms with Crippen molar-refractivity contribution >= 4 is 48.6 Å². The number of rotatable bonds is 6. The number of hydrogen-bond acceptors (Lipinski definition) is 6. The number of thiocarbonyl (C=S) groups is 1. The number of anilines is 2. The Morgan fingerprint density at radius 1 is 1.11 bits per heavy atom. The zero-order chi connectivity index (χ0) is 25.5. The number of benzene rings is 2. The summed E-state index contributed by atoms with van der Waals surface area (Å²) in [6, 6.07) is 11.6. The highest BCUT2D eigenvalue weighted by atomic mass is 32.2. The van der Waals surface area contributed by atoms with E-state index in [1.54, 1.807) is 36.4 Å². The number of halogens is 3. The number of alkyl halides is 1. The highest BCUT2D eigenvalue weighted by Crippen LogP contribution is 2.46. The summed E-state index contributed by atoms with van der Waals surface area (Å²) in [7, 11) is 5.51. The van der Waals surface area contributed by atoms with Crippen molar-refractivity contribution in [3.63, 3.8) is 0 Å². The summed E-state index contributed by atoms with van der Waals surface area (Å²) in [6.45, 7) is 3.09. The quantitative estimate of drug-likeness (QED) is 0.269. The molecular weight excluding hydrogens is 502 g/mol. The summed E-state index contributed by atoms with van der Waals surface area (Å²) >= 11 is 7.13. The first-order valence-electron chi connectivity index (χ1n) is 11.5. The first kappa shape index (κ1) is 24.9. The van der Waals surface area contributed by atoms with Gasteiger partial charge in [-0.2, -0.15) is 0 Å². The third kappa shape index (κ3) is 5.04. The normalized spacial score (nSPS) is 18.1. The topological polar surface area (TPSA) is 44.3 Å². The van der Waals surface area contributed by atoms with Gasteiger partial charge in [-0.3, -0.25) is 4.39 Å². The minimum Gasteiger partial charge on any atom is -0.353 e. The summed E-state index contributed by atoms with van der Waals surface area (Å²) in [6.07, 6.45) is 4.15. The maximum absolute atomic E-state index is 15.1. The van der Waals surface area contributed by atoms with Crippen molar-refractivity contribution in [3.05, 3.63) is 77.6 Å². The molecule has 2 aliphatic rings. The molecule has 1 spiro atoms. The summed E-state index contributed by atoms with van der Waals surface area (Å²) in [4.78, 5) is 13.6. The zero-order valence-corrected chi connectivity index (χ0v) is 21.2. The molecule has 11 heteroatoms. The van der Waals surface area contributed by atoms with Gasteiger partial charge in [0.15, 0.2) is 5.82 Å². The Labute approximate surface area is 219 Å². The van der Waals surface area contributed by atoms with E-state index in [4.69, 9.17) is 20.1 Å². The Balaban J connectivity index is 1.32. The van der Waals surface area contributed by atoms with Crippen LogP contribution in [0, 0.1) is 11.6 Å². The lowest BCUT2D eigenvalue weighted by Gasteiger charge is -2.43. The van der Waals surface area contributed by atoms with Crippen LogP contribution in [0.4, 0.5) is 24.8 Å². The average molecular weight is 525 g/mol. The van der Waals surface area contributed by atoms with Crippen LogP contribution < -0.4 is 9.62 Å². The van der Waals surface area contributed by atoms with Gasteiger partial charge >= 0.3 is 0 Å². The molecule has 0 amide bonds. The molecule has 1 saturated heterocycles. The summed E-state index contributed by atoms with van der Waals surface area (Å²) in [5.74, 6) is -0.405. The standard InChI is InChI=1S/C25H23BF3N5S2/c1-24(26,29)16-5-7-18(8-6-16)36-32-20-4-2-3-19(28)21(20)22(35)34-12-11-33(15-25(34)9-10-25)23-30-13-17(27)14-31-23/h2-8,13-14,32H,9-12,15H2,1H3. The maximum atomic E-state index is 15.1. The van der Waals surface area contributed by atoms with Gasteiger partial charge in [0.25, 0.3) is 0 Å². The van der Waals surface area contributed by atoms with Crippen LogP contribution in [0.1, 0.15) is 30.9 Å². The molecule has 2 aromatic carbocycles.